The van der Waals surface area contributed by atoms with E-state index in [1.807, 2.05) is 20.8 Å². The molecule has 0 aliphatic carbocycles. The summed E-state index contributed by atoms with van der Waals surface area (Å²) in [4.78, 5) is 14.2. The molecule has 1 N–H and O–H groups in total. The standard InChI is InChI=1S/C18H28N2O/c1-13(2)18(21)19-15(4)16-7-9-17(10-8-16)20-11-5-6-14(3)12-20/h7-10,13-15H,5-6,11-12H2,1-4H3,(H,19,21)/t14-,15+/m0/s1. The van der Waals surface area contributed by atoms with Crippen molar-refractivity contribution >= 4 is 11.6 Å². The first-order valence-electron chi connectivity index (χ1n) is 8.12. The summed E-state index contributed by atoms with van der Waals surface area (Å²) < 4.78 is 0. The Morgan fingerprint density at radius 3 is 2.48 bits per heavy atom. The molecule has 2 rings (SSSR count). The monoisotopic (exact) mass is 288 g/mol. The largest absolute Gasteiger partial charge is 0.371 e. The fourth-order valence-corrected chi connectivity index (χ4v) is 2.86. The molecule has 0 spiro atoms. The van der Waals surface area contributed by atoms with Crippen LogP contribution in [0.15, 0.2) is 24.3 Å². The van der Waals surface area contributed by atoms with Gasteiger partial charge in [-0.25, -0.2) is 0 Å². The molecule has 1 aromatic rings. The average molecular weight is 288 g/mol. The van der Waals surface area contributed by atoms with Crippen molar-refractivity contribution < 1.29 is 4.79 Å². The number of hydrogen-bond acceptors (Lipinski definition) is 2. The van der Waals surface area contributed by atoms with Crippen LogP contribution in [0.3, 0.4) is 0 Å². The minimum Gasteiger partial charge on any atom is -0.371 e. The van der Waals surface area contributed by atoms with E-state index in [0.29, 0.717) is 0 Å². The van der Waals surface area contributed by atoms with Crippen molar-refractivity contribution in [1.82, 2.24) is 5.32 Å². The Labute approximate surface area is 128 Å². The normalized spacial score (nSPS) is 20.4. The Morgan fingerprint density at radius 1 is 1.24 bits per heavy atom. The average Bonchev–Trinajstić information content (AvgIpc) is 2.47. The highest BCUT2D eigenvalue weighted by Crippen LogP contribution is 2.24. The molecule has 0 aromatic heterocycles. The highest BCUT2D eigenvalue weighted by Gasteiger charge is 2.17. The number of hydrogen-bond donors (Lipinski definition) is 1. The third-order valence-electron chi connectivity index (χ3n) is 4.30. The lowest BCUT2D eigenvalue weighted by Gasteiger charge is -2.33. The quantitative estimate of drug-likeness (QED) is 0.915. The van der Waals surface area contributed by atoms with E-state index >= 15 is 0 Å². The molecule has 0 radical (unpaired) electrons. The van der Waals surface area contributed by atoms with Crippen molar-refractivity contribution in [3.05, 3.63) is 29.8 Å². The van der Waals surface area contributed by atoms with Gasteiger partial charge in [0.05, 0.1) is 6.04 Å². The molecule has 3 nitrogen and oxygen atoms in total. The summed E-state index contributed by atoms with van der Waals surface area (Å²) in [5.41, 5.74) is 2.46. The molecule has 21 heavy (non-hydrogen) atoms. The van der Waals surface area contributed by atoms with E-state index in [1.165, 1.54) is 18.5 Å². The molecule has 1 amide bonds. The zero-order chi connectivity index (χ0) is 15.4. The minimum absolute atomic E-state index is 0.0292. The summed E-state index contributed by atoms with van der Waals surface area (Å²) in [5.74, 6) is 0.917. The number of anilines is 1. The van der Waals surface area contributed by atoms with E-state index in [0.717, 1.165) is 24.6 Å². The number of carbonyl (C=O) groups excluding carboxylic acids is 1. The van der Waals surface area contributed by atoms with Crippen LogP contribution < -0.4 is 10.2 Å². The molecule has 1 aliphatic rings. The first-order chi connectivity index (χ1) is 9.97. The molecule has 0 bridgehead atoms. The summed E-state index contributed by atoms with van der Waals surface area (Å²) in [7, 11) is 0. The van der Waals surface area contributed by atoms with Crippen molar-refractivity contribution in [2.45, 2.75) is 46.6 Å². The van der Waals surface area contributed by atoms with E-state index in [1.54, 1.807) is 0 Å². The van der Waals surface area contributed by atoms with Crippen LogP contribution in [0.25, 0.3) is 0 Å². The number of benzene rings is 1. The lowest BCUT2D eigenvalue weighted by Crippen LogP contribution is -2.34. The zero-order valence-corrected chi connectivity index (χ0v) is 13.7. The second-order valence-corrected chi connectivity index (χ2v) is 6.67. The summed E-state index contributed by atoms with van der Waals surface area (Å²) in [6.07, 6.45) is 2.62. The van der Waals surface area contributed by atoms with Crippen LogP contribution >= 0.6 is 0 Å². The highest BCUT2D eigenvalue weighted by atomic mass is 16.1. The summed E-state index contributed by atoms with van der Waals surface area (Å²) in [5, 5.41) is 3.05. The van der Waals surface area contributed by atoms with Crippen LogP contribution in [0, 0.1) is 11.8 Å². The number of nitrogens with one attached hydrogen (secondary N) is 1. The lowest BCUT2D eigenvalue weighted by molar-refractivity contribution is -0.124. The Kier molecular flexibility index (Phi) is 5.27. The summed E-state index contributed by atoms with van der Waals surface area (Å²) in [6, 6.07) is 8.71. The molecular formula is C18H28N2O. The van der Waals surface area contributed by atoms with Crippen molar-refractivity contribution in [3.63, 3.8) is 0 Å². The first-order valence-corrected chi connectivity index (χ1v) is 8.12. The Balaban J connectivity index is 1.99. The molecule has 2 atom stereocenters. The molecule has 0 unspecified atom stereocenters. The second kappa shape index (κ2) is 6.97. The van der Waals surface area contributed by atoms with Gasteiger partial charge in [-0.05, 0) is 43.4 Å². The molecule has 1 aliphatic heterocycles. The molecule has 1 heterocycles. The molecule has 3 heteroatoms. The number of rotatable bonds is 4. The van der Waals surface area contributed by atoms with Gasteiger partial charge in [-0.2, -0.15) is 0 Å². The first kappa shape index (κ1) is 15.9. The number of nitrogens with zero attached hydrogens (tertiary/aromatic N) is 1. The Bertz CT molecular complexity index is 467. The third kappa shape index (κ3) is 4.23. The topological polar surface area (TPSA) is 32.3 Å². The van der Waals surface area contributed by atoms with Crippen molar-refractivity contribution in [2.24, 2.45) is 11.8 Å². The van der Waals surface area contributed by atoms with Crippen molar-refractivity contribution in [1.29, 1.82) is 0 Å². The van der Waals surface area contributed by atoms with Gasteiger partial charge in [-0.15, -0.1) is 0 Å². The number of amides is 1. The van der Waals surface area contributed by atoms with E-state index in [-0.39, 0.29) is 17.9 Å². The van der Waals surface area contributed by atoms with Gasteiger partial charge in [0.2, 0.25) is 5.91 Å². The van der Waals surface area contributed by atoms with Crippen LogP contribution in [-0.2, 0) is 4.79 Å². The van der Waals surface area contributed by atoms with Crippen LogP contribution in [0.2, 0.25) is 0 Å². The van der Waals surface area contributed by atoms with Crippen LogP contribution in [0.4, 0.5) is 5.69 Å². The SMILES string of the molecule is CC(C)C(=O)N[C@H](C)c1ccc(N2CCC[C@H](C)C2)cc1. The molecule has 116 valence electrons. The fourth-order valence-electron chi connectivity index (χ4n) is 2.86. The maximum Gasteiger partial charge on any atom is 0.223 e. The number of carbonyl (C=O) groups is 1. The maximum atomic E-state index is 11.8. The molecule has 1 aromatic carbocycles. The predicted octanol–water partition coefficient (Wildman–Crippen LogP) is 3.76. The van der Waals surface area contributed by atoms with Gasteiger partial charge in [-0.3, -0.25) is 4.79 Å². The van der Waals surface area contributed by atoms with Gasteiger partial charge < -0.3 is 10.2 Å². The molecular weight excluding hydrogens is 260 g/mol. The van der Waals surface area contributed by atoms with Gasteiger partial charge in [0.15, 0.2) is 0 Å². The maximum absolute atomic E-state index is 11.8. The smallest absolute Gasteiger partial charge is 0.223 e. The van der Waals surface area contributed by atoms with Gasteiger partial charge in [0.25, 0.3) is 0 Å². The zero-order valence-electron chi connectivity index (χ0n) is 13.7. The summed E-state index contributed by atoms with van der Waals surface area (Å²) >= 11 is 0. The fraction of sp³-hybridized carbons (Fsp3) is 0.611. The van der Waals surface area contributed by atoms with E-state index in [2.05, 4.69) is 41.4 Å². The van der Waals surface area contributed by atoms with Crippen LogP contribution in [0.5, 0.6) is 0 Å². The molecule has 0 saturated carbocycles. The Hall–Kier alpha value is -1.51. The second-order valence-electron chi connectivity index (χ2n) is 6.67. The van der Waals surface area contributed by atoms with E-state index < -0.39 is 0 Å². The van der Waals surface area contributed by atoms with Crippen molar-refractivity contribution in [2.75, 3.05) is 18.0 Å². The Morgan fingerprint density at radius 2 is 1.90 bits per heavy atom. The van der Waals surface area contributed by atoms with E-state index in [4.69, 9.17) is 0 Å². The van der Waals surface area contributed by atoms with E-state index in [9.17, 15) is 4.79 Å². The highest BCUT2D eigenvalue weighted by molar-refractivity contribution is 5.78. The van der Waals surface area contributed by atoms with Crippen LogP contribution in [0.1, 0.15) is 52.1 Å². The molecule has 1 saturated heterocycles. The van der Waals surface area contributed by atoms with Gasteiger partial charge >= 0.3 is 0 Å². The van der Waals surface area contributed by atoms with Gasteiger partial charge in [-0.1, -0.05) is 32.9 Å². The third-order valence-corrected chi connectivity index (χ3v) is 4.30. The number of piperidine rings is 1. The molecule has 1 fully saturated rings. The van der Waals surface area contributed by atoms with Crippen molar-refractivity contribution in [3.8, 4) is 0 Å². The lowest BCUT2D eigenvalue weighted by atomic mass is 9.99. The van der Waals surface area contributed by atoms with Gasteiger partial charge in [0, 0.05) is 24.7 Å². The van der Waals surface area contributed by atoms with Crippen LogP contribution in [-0.4, -0.2) is 19.0 Å². The minimum atomic E-state index is 0.0292. The predicted molar refractivity (Wildman–Crippen MR) is 88.4 cm³/mol. The van der Waals surface area contributed by atoms with Gasteiger partial charge in [0.1, 0.15) is 0 Å². The summed E-state index contributed by atoms with van der Waals surface area (Å²) in [6.45, 7) is 10.5.